The minimum Gasteiger partial charge on any atom is -0.495 e. The van der Waals surface area contributed by atoms with Gasteiger partial charge in [0.1, 0.15) is 17.4 Å². The summed E-state index contributed by atoms with van der Waals surface area (Å²) in [6.45, 7) is 0. The van der Waals surface area contributed by atoms with E-state index < -0.39 is 5.91 Å². The van der Waals surface area contributed by atoms with E-state index >= 15 is 0 Å². The Kier molecular flexibility index (Phi) is 5.03. The fourth-order valence-electron chi connectivity index (χ4n) is 1.26. The second-order valence-corrected chi connectivity index (χ2v) is 3.69. The molecule has 1 aromatic rings. The van der Waals surface area contributed by atoms with Crippen LogP contribution >= 0.6 is 11.6 Å². The first kappa shape index (κ1) is 13.9. The summed E-state index contributed by atoms with van der Waals surface area (Å²) in [5, 5.41) is 14.5. The largest absolute Gasteiger partial charge is 0.495 e. The predicted molar refractivity (Wildman–Crippen MR) is 69.4 cm³/mol. The number of benzene rings is 1. The number of nitrogens with zero attached hydrogens (tertiary/aromatic N) is 1. The molecule has 94 valence electrons. The van der Waals surface area contributed by atoms with Crippen molar-refractivity contribution in [1.82, 2.24) is 5.32 Å². The highest BCUT2D eigenvalue weighted by Gasteiger charge is 2.12. The van der Waals surface area contributed by atoms with Crippen molar-refractivity contribution in [2.45, 2.75) is 0 Å². The van der Waals surface area contributed by atoms with Crippen LogP contribution in [0.5, 0.6) is 5.75 Å². The summed E-state index contributed by atoms with van der Waals surface area (Å²) < 4.78 is 5.08. The maximum absolute atomic E-state index is 11.8. The minimum atomic E-state index is -0.535. The first-order chi connectivity index (χ1) is 8.62. The van der Waals surface area contributed by atoms with Gasteiger partial charge in [-0.1, -0.05) is 11.6 Å². The van der Waals surface area contributed by atoms with Gasteiger partial charge in [0.15, 0.2) is 0 Å². The van der Waals surface area contributed by atoms with Crippen molar-refractivity contribution in [1.29, 1.82) is 5.26 Å². The maximum Gasteiger partial charge on any atom is 0.267 e. The van der Waals surface area contributed by atoms with Gasteiger partial charge >= 0.3 is 0 Å². The number of hydrogen-bond donors (Lipinski definition) is 2. The summed E-state index contributed by atoms with van der Waals surface area (Å²) in [4.78, 5) is 11.8. The highest BCUT2D eigenvalue weighted by molar-refractivity contribution is 6.31. The smallest absolute Gasteiger partial charge is 0.267 e. The first-order valence-electron chi connectivity index (χ1n) is 5.04. The fraction of sp³-hybridized carbons (Fsp3) is 0.167. The molecule has 0 heterocycles. The molecule has 0 unspecified atom stereocenters. The van der Waals surface area contributed by atoms with Gasteiger partial charge < -0.3 is 15.4 Å². The summed E-state index contributed by atoms with van der Waals surface area (Å²) in [5.74, 6) is -0.0677. The lowest BCUT2D eigenvalue weighted by Crippen LogP contribution is -2.16. The molecule has 1 rings (SSSR count). The normalized spacial score (nSPS) is 10.4. The molecule has 6 heteroatoms. The van der Waals surface area contributed by atoms with Crippen LogP contribution in [0.15, 0.2) is 30.0 Å². The lowest BCUT2D eigenvalue weighted by atomic mass is 10.2. The average Bonchev–Trinajstić information content (AvgIpc) is 2.36. The number of nitrogens with one attached hydrogen (secondary N) is 2. The highest BCUT2D eigenvalue weighted by Crippen LogP contribution is 2.27. The number of halogens is 1. The van der Waals surface area contributed by atoms with E-state index in [4.69, 9.17) is 21.6 Å². The Hall–Kier alpha value is -2.19. The van der Waals surface area contributed by atoms with Crippen LogP contribution in [0.2, 0.25) is 5.02 Å². The van der Waals surface area contributed by atoms with E-state index in [1.54, 1.807) is 31.3 Å². The Morgan fingerprint density at radius 1 is 1.56 bits per heavy atom. The molecule has 0 radical (unpaired) electrons. The number of amides is 1. The molecule has 0 atom stereocenters. The van der Waals surface area contributed by atoms with E-state index in [0.29, 0.717) is 16.5 Å². The molecule has 0 bridgehead atoms. The van der Waals surface area contributed by atoms with Crippen LogP contribution in [0.25, 0.3) is 0 Å². The summed E-state index contributed by atoms with van der Waals surface area (Å²) in [7, 11) is 3.08. The Morgan fingerprint density at radius 2 is 2.28 bits per heavy atom. The van der Waals surface area contributed by atoms with Crippen LogP contribution in [0.4, 0.5) is 5.69 Å². The molecular weight excluding hydrogens is 254 g/mol. The third kappa shape index (κ3) is 3.40. The van der Waals surface area contributed by atoms with Gasteiger partial charge in [-0.15, -0.1) is 0 Å². The highest BCUT2D eigenvalue weighted by atomic mass is 35.5. The van der Waals surface area contributed by atoms with Gasteiger partial charge in [0.05, 0.1) is 12.8 Å². The number of anilines is 1. The number of carbonyl (C=O) groups is 1. The van der Waals surface area contributed by atoms with Crippen LogP contribution in [-0.4, -0.2) is 20.1 Å². The molecule has 0 saturated heterocycles. The second kappa shape index (κ2) is 6.52. The average molecular weight is 266 g/mol. The monoisotopic (exact) mass is 265 g/mol. The molecule has 1 aromatic carbocycles. The molecule has 0 saturated carbocycles. The predicted octanol–water partition coefficient (Wildman–Crippen LogP) is 1.91. The van der Waals surface area contributed by atoms with E-state index in [-0.39, 0.29) is 5.57 Å². The van der Waals surface area contributed by atoms with Gasteiger partial charge in [-0.3, -0.25) is 4.79 Å². The van der Waals surface area contributed by atoms with Crippen molar-refractivity contribution in [3.63, 3.8) is 0 Å². The molecule has 0 aliphatic carbocycles. The van der Waals surface area contributed by atoms with Gasteiger partial charge in [0.2, 0.25) is 0 Å². The molecule has 0 aromatic heterocycles. The summed E-state index contributed by atoms with van der Waals surface area (Å²) >= 11 is 5.83. The Morgan fingerprint density at radius 3 is 2.83 bits per heavy atom. The molecule has 0 fully saturated rings. The zero-order valence-corrected chi connectivity index (χ0v) is 10.7. The number of carbonyl (C=O) groups excluding carboxylic acids is 1. The Bertz CT molecular complexity index is 521. The van der Waals surface area contributed by atoms with Crippen molar-refractivity contribution >= 4 is 23.2 Å². The zero-order chi connectivity index (χ0) is 13.5. The van der Waals surface area contributed by atoms with Crippen LogP contribution in [-0.2, 0) is 4.79 Å². The molecular formula is C12H12ClN3O2. The van der Waals surface area contributed by atoms with Crippen LogP contribution in [0.1, 0.15) is 0 Å². The van der Waals surface area contributed by atoms with Gasteiger partial charge in [-0.05, 0) is 18.2 Å². The summed E-state index contributed by atoms with van der Waals surface area (Å²) in [6, 6.07) is 6.61. The number of rotatable bonds is 4. The van der Waals surface area contributed by atoms with Crippen molar-refractivity contribution in [3.8, 4) is 11.8 Å². The maximum atomic E-state index is 11.8. The second-order valence-electron chi connectivity index (χ2n) is 3.26. The van der Waals surface area contributed by atoms with Crippen LogP contribution < -0.4 is 15.4 Å². The Labute approximate surface area is 110 Å². The quantitative estimate of drug-likeness (QED) is 0.644. The number of ether oxygens (including phenoxy) is 1. The number of hydrogen-bond acceptors (Lipinski definition) is 4. The summed E-state index contributed by atoms with van der Waals surface area (Å²) in [6.07, 6.45) is 1.31. The van der Waals surface area contributed by atoms with Crippen LogP contribution in [0, 0.1) is 11.3 Å². The zero-order valence-electron chi connectivity index (χ0n) is 9.95. The molecule has 18 heavy (non-hydrogen) atoms. The lowest BCUT2D eigenvalue weighted by Gasteiger charge is -2.09. The standard InChI is InChI=1S/C12H12ClN3O2/c1-15-7-8(6-14)12(17)16-10-5-9(13)3-4-11(10)18-2/h3-5,7,15H,1-2H3,(H,16,17)/b8-7-. The lowest BCUT2D eigenvalue weighted by molar-refractivity contribution is -0.112. The SMILES string of the molecule is CN/C=C(/C#N)C(=O)Nc1cc(Cl)ccc1OC. The molecule has 0 aliphatic rings. The van der Waals surface area contributed by atoms with E-state index in [1.165, 1.54) is 13.3 Å². The molecule has 5 nitrogen and oxygen atoms in total. The van der Waals surface area contributed by atoms with Gasteiger partial charge in [-0.2, -0.15) is 5.26 Å². The molecule has 0 spiro atoms. The van der Waals surface area contributed by atoms with Gasteiger partial charge in [0.25, 0.3) is 5.91 Å². The molecule has 2 N–H and O–H groups in total. The third-order valence-electron chi connectivity index (χ3n) is 2.06. The molecule has 1 amide bonds. The summed E-state index contributed by atoms with van der Waals surface area (Å²) in [5.41, 5.74) is 0.367. The van der Waals surface area contributed by atoms with Crippen LogP contribution in [0.3, 0.4) is 0 Å². The number of nitriles is 1. The van der Waals surface area contributed by atoms with Crippen molar-refractivity contribution in [3.05, 3.63) is 35.0 Å². The van der Waals surface area contributed by atoms with E-state index in [0.717, 1.165) is 0 Å². The number of methoxy groups -OCH3 is 1. The fourth-order valence-corrected chi connectivity index (χ4v) is 1.43. The van der Waals surface area contributed by atoms with E-state index in [9.17, 15) is 4.79 Å². The Balaban J connectivity index is 2.98. The van der Waals surface area contributed by atoms with E-state index in [2.05, 4.69) is 10.6 Å². The van der Waals surface area contributed by atoms with Gasteiger partial charge in [-0.25, -0.2) is 0 Å². The van der Waals surface area contributed by atoms with Gasteiger partial charge in [0, 0.05) is 18.3 Å². The van der Waals surface area contributed by atoms with E-state index in [1.807, 2.05) is 0 Å². The van der Waals surface area contributed by atoms with Crippen molar-refractivity contribution < 1.29 is 9.53 Å². The topological polar surface area (TPSA) is 74.2 Å². The third-order valence-corrected chi connectivity index (χ3v) is 2.30. The first-order valence-corrected chi connectivity index (χ1v) is 5.42. The minimum absolute atomic E-state index is 0.0421. The molecule has 0 aliphatic heterocycles. The van der Waals surface area contributed by atoms with Crippen molar-refractivity contribution in [2.75, 3.05) is 19.5 Å². The van der Waals surface area contributed by atoms with Crippen molar-refractivity contribution in [2.24, 2.45) is 0 Å².